The van der Waals surface area contributed by atoms with Crippen LogP contribution in [-0.4, -0.2) is 6.54 Å². The van der Waals surface area contributed by atoms with E-state index in [1.54, 1.807) is 11.3 Å². The lowest BCUT2D eigenvalue weighted by atomic mass is 10.0. The molecule has 102 valence electrons. The normalized spacial score (nSPS) is 12.6. The lowest BCUT2D eigenvalue weighted by Crippen LogP contribution is -2.22. The van der Waals surface area contributed by atoms with Gasteiger partial charge in [0.25, 0.3) is 0 Å². The average Bonchev–Trinajstić information content (AvgIpc) is 2.78. The highest BCUT2D eigenvalue weighted by Crippen LogP contribution is 2.30. The molecule has 0 aliphatic rings. The third kappa shape index (κ3) is 4.06. The maximum absolute atomic E-state index is 6.33. The van der Waals surface area contributed by atoms with Gasteiger partial charge in [0.1, 0.15) is 0 Å². The third-order valence-corrected chi connectivity index (χ3v) is 5.17. The summed E-state index contributed by atoms with van der Waals surface area (Å²) in [6, 6.07) is 8.78. The largest absolute Gasteiger partial charge is 0.309 e. The second-order valence-electron chi connectivity index (χ2n) is 4.58. The first-order valence-electron chi connectivity index (χ1n) is 6.32. The fourth-order valence-corrected chi connectivity index (χ4v) is 3.90. The molecule has 0 amide bonds. The maximum Gasteiger partial charge on any atom is 0.0456 e. The SMILES string of the molecule is CCNC(Cc1ccc(C)cc1Cl)c1cc(Br)cs1. The molecule has 4 heteroatoms. The van der Waals surface area contributed by atoms with Gasteiger partial charge in [0.2, 0.25) is 0 Å². The number of hydrogen-bond donors (Lipinski definition) is 1. The lowest BCUT2D eigenvalue weighted by molar-refractivity contribution is 0.558. The van der Waals surface area contributed by atoms with Crippen molar-refractivity contribution in [1.82, 2.24) is 5.32 Å². The summed E-state index contributed by atoms with van der Waals surface area (Å²) >= 11 is 11.6. The van der Waals surface area contributed by atoms with Gasteiger partial charge < -0.3 is 5.32 Å². The van der Waals surface area contributed by atoms with E-state index in [2.05, 4.69) is 58.7 Å². The molecular formula is C15H17BrClNS. The van der Waals surface area contributed by atoms with E-state index in [-0.39, 0.29) is 0 Å². The molecular weight excluding hydrogens is 342 g/mol. The van der Waals surface area contributed by atoms with Gasteiger partial charge in [-0.05, 0) is 59.1 Å². The number of halogens is 2. The van der Waals surface area contributed by atoms with Crippen LogP contribution in [0.2, 0.25) is 5.02 Å². The minimum atomic E-state index is 0.321. The number of thiophene rings is 1. The van der Waals surface area contributed by atoms with Gasteiger partial charge in [0.05, 0.1) is 0 Å². The molecule has 0 saturated carbocycles. The summed E-state index contributed by atoms with van der Waals surface area (Å²) in [5, 5.41) is 6.51. The Labute approximate surface area is 132 Å². The van der Waals surface area contributed by atoms with E-state index in [0.717, 1.165) is 22.5 Å². The molecule has 1 N–H and O–H groups in total. The van der Waals surface area contributed by atoms with Crippen LogP contribution in [0.3, 0.4) is 0 Å². The van der Waals surface area contributed by atoms with Crippen molar-refractivity contribution in [3.8, 4) is 0 Å². The van der Waals surface area contributed by atoms with Crippen LogP contribution in [0.4, 0.5) is 0 Å². The van der Waals surface area contributed by atoms with Gasteiger partial charge in [-0.25, -0.2) is 0 Å². The van der Waals surface area contributed by atoms with Crippen molar-refractivity contribution >= 4 is 38.9 Å². The molecule has 0 aliphatic carbocycles. The zero-order valence-corrected chi connectivity index (χ0v) is 14.2. The van der Waals surface area contributed by atoms with Crippen LogP contribution < -0.4 is 5.32 Å². The summed E-state index contributed by atoms with van der Waals surface area (Å²) in [6.07, 6.45) is 0.917. The Morgan fingerprint density at radius 1 is 1.37 bits per heavy atom. The Bertz CT molecular complexity index is 553. The standard InChI is InChI=1S/C15H17BrClNS/c1-3-18-14(15-8-12(16)9-19-15)7-11-5-4-10(2)6-13(11)17/h4-6,8-9,14,18H,3,7H2,1-2H3. The number of rotatable bonds is 5. The minimum absolute atomic E-state index is 0.321. The molecule has 1 nitrogen and oxygen atoms in total. The van der Waals surface area contributed by atoms with Crippen LogP contribution in [0.25, 0.3) is 0 Å². The molecule has 19 heavy (non-hydrogen) atoms. The van der Waals surface area contributed by atoms with Crippen LogP contribution in [0.1, 0.15) is 29.0 Å². The van der Waals surface area contributed by atoms with Crippen molar-refractivity contribution in [2.45, 2.75) is 26.3 Å². The zero-order chi connectivity index (χ0) is 13.8. The average molecular weight is 359 g/mol. The van der Waals surface area contributed by atoms with Crippen molar-refractivity contribution in [1.29, 1.82) is 0 Å². The van der Waals surface area contributed by atoms with Crippen LogP contribution in [0.15, 0.2) is 34.1 Å². The Morgan fingerprint density at radius 2 is 2.16 bits per heavy atom. The fourth-order valence-electron chi connectivity index (χ4n) is 2.07. The van der Waals surface area contributed by atoms with E-state index in [0.29, 0.717) is 6.04 Å². The Morgan fingerprint density at radius 3 is 2.74 bits per heavy atom. The van der Waals surface area contributed by atoms with Crippen molar-refractivity contribution in [3.63, 3.8) is 0 Å². The summed E-state index contributed by atoms with van der Waals surface area (Å²) < 4.78 is 1.14. The van der Waals surface area contributed by atoms with Crippen molar-refractivity contribution < 1.29 is 0 Å². The van der Waals surface area contributed by atoms with E-state index in [1.165, 1.54) is 16.0 Å². The molecule has 0 saturated heterocycles. The minimum Gasteiger partial charge on any atom is -0.309 e. The quantitative estimate of drug-likeness (QED) is 0.758. The Balaban J connectivity index is 2.21. The monoisotopic (exact) mass is 357 g/mol. The van der Waals surface area contributed by atoms with Crippen LogP contribution in [0.5, 0.6) is 0 Å². The van der Waals surface area contributed by atoms with Gasteiger partial charge in [0.15, 0.2) is 0 Å². The van der Waals surface area contributed by atoms with Gasteiger partial charge in [-0.2, -0.15) is 0 Å². The number of likely N-dealkylation sites (N-methyl/N-ethyl adjacent to an activating group) is 1. The molecule has 1 unspecified atom stereocenters. The highest BCUT2D eigenvalue weighted by Gasteiger charge is 2.15. The molecule has 1 aromatic heterocycles. The Kier molecular flexibility index (Phi) is 5.46. The van der Waals surface area contributed by atoms with Crippen LogP contribution >= 0.6 is 38.9 Å². The number of aryl methyl sites for hydroxylation is 1. The Hall–Kier alpha value is -0.350. The molecule has 2 rings (SSSR count). The molecule has 2 aromatic rings. The summed E-state index contributed by atoms with van der Waals surface area (Å²) in [5.74, 6) is 0. The van der Waals surface area contributed by atoms with Crippen molar-refractivity contribution in [3.05, 3.63) is 55.1 Å². The number of hydrogen-bond acceptors (Lipinski definition) is 2. The third-order valence-electron chi connectivity index (χ3n) is 3.01. The second-order valence-corrected chi connectivity index (χ2v) is 6.84. The highest BCUT2D eigenvalue weighted by atomic mass is 79.9. The highest BCUT2D eigenvalue weighted by molar-refractivity contribution is 9.10. The first kappa shape index (κ1) is 15.0. The van der Waals surface area contributed by atoms with E-state index in [1.807, 2.05) is 6.07 Å². The fraction of sp³-hybridized carbons (Fsp3) is 0.333. The van der Waals surface area contributed by atoms with Crippen LogP contribution in [0, 0.1) is 6.92 Å². The summed E-state index contributed by atoms with van der Waals surface area (Å²) in [7, 11) is 0. The van der Waals surface area contributed by atoms with E-state index < -0.39 is 0 Å². The zero-order valence-electron chi connectivity index (χ0n) is 11.0. The van der Waals surface area contributed by atoms with Gasteiger partial charge in [-0.1, -0.05) is 30.7 Å². The first-order valence-corrected chi connectivity index (χ1v) is 8.37. The molecule has 1 heterocycles. The first-order chi connectivity index (χ1) is 9.10. The lowest BCUT2D eigenvalue weighted by Gasteiger charge is -2.17. The molecule has 0 radical (unpaired) electrons. The topological polar surface area (TPSA) is 12.0 Å². The van der Waals surface area contributed by atoms with Gasteiger partial charge in [0, 0.05) is 25.8 Å². The van der Waals surface area contributed by atoms with E-state index in [9.17, 15) is 0 Å². The number of nitrogens with one attached hydrogen (secondary N) is 1. The molecule has 0 bridgehead atoms. The predicted octanol–water partition coefficient (Wildman–Crippen LogP) is 5.37. The summed E-state index contributed by atoms with van der Waals surface area (Å²) in [4.78, 5) is 1.34. The second kappa shape index (κ2) is 6.89. The van der Waals surface area contributed by atoms with E-state index in [4.69, 9.17) is 11.6 Å². The maximum atomic E-state index is 6.33. The smallest absolute Gasteiger partial charge is 0.0456 e. The molecule has 1 atom stereocenters. The van der Waals surface area contributed by atoms with E-state index >= 15 is 0 Å². The van der Waals surface area contributed by atoms with Crippen molar-refractivity contribution in [2.75, 3.05) is 6.54 Å². The van der Waals surface area contributed by atoms with Crippen LogP contribution in [-0.2, 0) is 6.42 Å². The summed E-state index contributed by atoms with van der Waals surface area (Å²) in [5.41, 5.74) is 2.40. The summed E-state index contributed by atoms with van der Waals surface area (Å²) in [6.45, 7) is 5.14. The van der Waals surface area contributed by atoms with Crippen molar-refractivity contribution in [2.24, 2.45) is 0 Å². The molecule has 1 aromatic carbocycles. The van der Waals surface area contributed by atoms with Gasteiger partial charge in [-0.15, -0.1) is 11.3 Å². The van der Waals surface area contributed by atoms with Gasteiger partial charge >= 0.3 is 0 Å². The van der Waals surface area contributed by atoms with Gasteiger partial charge in [-0.3, -0.25) is 0 Å². The molecule has 0 spiro atoms. The predicted molar refractivity (Wildman–Crippen MR) is 88.3 cm³/mol. The molecule has 0 aliphatic heterocycles. The number of benzene rings is 1. The molecule has 0 fully saturated rings.